The summed E-state index contributed by atoms with van der Waals surface area (Å²) < 4.78 is 0. The van der Waals surface area contributed by atoms with Crippen LogP contribution in [0, 0.1) is 0 Å². The Hall–Kier alpha value is -0.0438. The molecule has 6 heteroatoms. The molecule has 0 fully saturated rings. The first-order valence-electron chi connectivity index (χ1n) is 0.612. The van der Waals surface area contributed by atoms with Gasteiger partial charge < -0.3 is 26.0 Å². The van der Waals surface area contributed by atoms with E-state index in [1.807, 2.05) is 0 Å². The van der Waals surface area contributed by atoms with Crippen LogP contribution in [-0.2, 0) is 0 Å². The van der Waals surface area contributed by atoms with Crippen molar-refractivity contribution in [3.8, 4) is 0 Å². The van der Waals surface area contributed by atoms with E-state index in [4.69, 9.17) is 15.0 Å². The zero-order chi connectivity index (χ0) is 3.58. The van der Waals surface area contributed by atoms with Gasteiger partial charge in [0.2, 0.25) is 0 Å². The molecule has 0 radical (unpaired) electrons. The van der Waals surface area contributed by atoms with Gasteiger partial charge >= 0.3 is 23.1 Å². The van der Waals surface area contributed by atoms with Crippen LogP contribution in [0.4, 0.5) is 4.79 Å². The van der Waals surface area contributed by atoms with Crippen molar-refractivity contribution in [1.29, 1.82) is 0 Å². The van der Waals surface area contributed by atoms with Gasteiger partial charge in [-0.2, -0.15) is 0 Å². The maximum absolute atomic E-state index is 8.33. The van der Waals surface area contributed by atoms with E-state index in [9.17, 15) is 0 Å². The van der Waals surface area contributed by atoms with Gasteiger partial charge in [0.05, 0.1) is 0 Å². The van der Waals surface area contributed by atoms with Crippen molar-refractivity contribution in [3.05, 3.63) is 0 Å². The van der Waals surface area contributed by atoms with Crippen LogP contribution in [0.25, 0.3) is 0 Å². The molecule has 0 aromatic rings. The first-order chi connectivity index (χ1) is 1.73. The van der Waals surface area contributed by atoms with Gasteiger partial charge in [0.25, 0.3) is 0 Å². The molecule has 0 aliphatic rings. The predicted octanol–water partition coefficient (Wildman–Crippen LogP) is -3.83. The number of hydrogen-bond acceptors (Lipinski definition) is 4. The van der Waals surface area contributed by atoms with Gasteiger partial charge in [-0.05, 0) is 6.16 Å². The van der Waals surface area contributed by atoms with Crippen LogP contribution in [0.3, 0.4) is 0 Å². The molecular formula is CH3MgO5-. The Morgan fingerprint density at radius 1 is 1.29 bits per heavy atom. The molecule has 0 amide bonds. The minimum Gasteiger partial charge on any atom is -0.870 e. The summed E-state index contributed by atoms with van der Waals surface area (Å²) in [6.45, 7) is 0. The molecule has 0 bridgehead atoms. The zero-order valence-electron chi connectivity index (χ0n) is 3.38. The maximum Gasteiger partial charge on any atom is 2.00 e. The molecule has 0 saturated carbocycles. The Balaban J connectivity index is -0.0000000150. The monoisotopic (exact) mass is 119 g/mol. The van der Waals surface area contributed by atoms with Gasteiger partial charge in [0, 0.05) is 0 Å². The van der Waals surface area contributed by atoms with E-state index in [-0.39, 0.29) is 34.0 Å². The van der Waals surface area contributed by atoms with Crippen LogP contribution in [0.5, 0.6) is 0 Å². The van der Waals surface area contributed by atoms with E-state index in [2.05, 4.69) is 0 Å². The third-order valence-corrected chi connectivity index (χ3v) is 0. The SMILES string of the molecule is O.O=C([O-])[O-].[Mg+2].[OH-]. The third kappa shape index (κ3) is 48700. The predicted molar refractivity (Wildman–Crippen MR) is 16.7 cm³/mol. The van der Waals surface area contributed by atoms with E-state index in [0.717, 1.165) is 0 Å². The molecule has 7 heavy (non-hydrogen) atoms. The first kappa shape index (κ1) is 28.2. The summed E-state index contributed by atoms with van der Waals surface area (Å²) in [7, 11) is 0. The molecule has 5 nitrogen and oxygen atoms in total. The average molecular weight is 119 g/mol. The number of carboxylic acid groups (broad SMARTS) is 2. The van der Waals surface area contributed by atoms with Crippen molar-refractivity contribution in [2.45, 2.75) is 0 Å². The Bertz CT molecular complexity index is 31.1. The second-order valence-electron chi connectivity index (χ2n) is 0.250. The molecule has 0 unspecified atom stereocenters. The van der Waals surface area contributed by atoms with Crippen LogP contribution in [0.1, 0.15) is 0 Å². The fourth-order valence-electron chi connectivity index (χ4n) is 0. The first-order valence-corrected chi connectivity index (χ1v) is 0.612. The van der Waals surface area contributed by atoms with Gasteiger partial charge in [-0.1, -0.05) is 0 Å². The number of rotatable bonds is 0. The molecular weight excluding hydrogens is 116 g/mol. The summed E-state index contributed by atoms with van der Waals surface area (Å²) in [6, 6.07) is 0. The zero-order valence-corrected chi connectivity index (χ0v) is 4.79. The molecule has 0 aromatic carbocycles. The van der Waals surface area contributed by atoms with Crippen molar-refractivity contribution in [1.82, 2.24) is 0 Å². The van der Waals surface area contributed by atoms with Crippen molar-refractivity contribution >= 4 is 29.2 Å². The van der Waals surface area contributed by atoms with Gasteiger partial charge in [0.15, 0.2) is 0 Å². The molecule has 0 atom stereocenters. The van der Waals surface area contributed by atoms with Gasteiger partial charge in [-0.3, -0.25) is 0 Å². The van der Waals surface area contributed by atoms with E-state index in [1.165, 1.54) is 0 Å². The van der Waals surface area contributed by atoms with E-state index in [0.29, 0.717) is 0 Å². The average Bonchev–Trinajstić information content (AvgIpc) is 0.811. The van der Waals surface area contributed by atoms with Crippen molar-refractivity contribution < 1.29 is 26.0 Å². The molecule has 0 saturated heterocycles. The van der Waals surface area contributed by atoms with Crippen LogP contribution in [0.2, 0.25) is 0 Å². The third-order valence-electron chi connectivity index (χ3n) is 0. The Morgan fingerprint density at radius 3 is 1.29 bits per heavy atom. The van der Waals surface area contributed by atoms with Crippen LogP contribution < -0.4 is 10.2 Å². The number of hydrogen-bond donors (Lipinski definition) is 0. The van der Waals surface area contributed by atoms with Gasteiger partial charge in [0.1, 0.15) is 0 Å². The summed E-state index contributed by atoms with van der Waals surface area (Å²) in [5.74, 6) is 0. The van der Waals surface area contributed by atoms with Crippen LogP contribution in [-0.4, -0.2) is 40.2 Å². The molecule has 0 aliphatic heterocycles. The Labute approximate surface area is 55.7 Å². The molecule has 0 aromatic heterocycles. The van der Waals surface area contributed by atoms with Gasteiger partial charge in [-0.25, -0.2) is 0 Å². The standard InChI is InChI=1S/CH2O3.Mg.2H2O/c2-1(3)4;;;/h(H2,2,3,4);;2*1H2/q;+2;;/p-3. The summed E-state index contributed by atoms with van der Waals surface area (Å²) in [4.78, 5) is 8.33. The van der Waals surface area contributed by atoms with Crippen LogP contribution in [0.15, 0.2) is 0 Å². The van der Waals surface area contributed by atoms with E-state index in [1.54, 1.807) is 0 Å². The Morgan fingerprint density at radius 2 is 1.29 bits per heavy atom. The second-order valence-corrected chi connectivity index (χ2v) is 0.250. The fourth-order valence-corrected chi connectivity index (χ4v) is 0. The molecule has 0 spiro atoms. The molecule has 0 rings (SSSR count). The van der Waals surface area contributed by atoms with Crippen molar-refractivity contribution in [3.63, 3.8) is 0 Å². The Kier molecular flexibility index (Phi) is 67.5. The largest absolute Gasteiger partial charge is 2.00 e. The smallest absolute Gasteiger partial charge is 0.870 e. The molecule has 0 heterocycles. The van der Waals surface area contributed by atoms with Crippen molar-refractivity contribution in [2.75, 3.05) is 0 Å². The van der Waals surface area contributed by atoms with Crippen LogP contribution >= 0.6 is 0 Å². The number of carbonyl (C=O) groups is 1. The summed E-state index contributed by atoms with van der Waals surface area (Å²) in [6.07, 6.45) is -2.33. The summed E-state index contributed by atoms with van der Waals surface area (Å²) in [5.41, 5.74) is 0. The maximum atomic E-state index is 8.33. The fraction of sp³-hybridized carbons (Fsp3) is 0. The molecule has 0 aliphatic carbocycles. The molecule has 40 valence electrons. The second kappa shape index (κ2) is 16.7. The summed E-state index contributed by atoms with van der Waals surface area (Å²) in [5, 5.41) is 16.7. The molecule has 3 N–H and O–H groups in total. The van der Waals surface area contributed by atoms with E-state index >= 15 is 0 Å². The minimum absolute atomic E-state index is 0. The quantitative estimate of drug-likeness (QED) is 0.303. The number of carbonyl (C=O) groups excluding carboxylic acids is 1. The van der Waals surface area contributed by atoms with E-state index < -0.39 is 6.16 Å². The van der Waals surface area contributed by atoms with Gasteiger partial charge in [-0.15, -0.1) is 0 Å². The minimum atomic E-state index is -2.33. The summed E-state index contributed by atoms with van der Waals surface area (Å²) >= 11 is 0. The topological polar surface area (TPSA) is 125 Å². The normalized spacial score (nSPS) is 3.43. The van der Waals surface area contributed by atoms with Crippen molar-refractivity contribution in [2.24, 2.45) is 0 Å².